The molecule has 3 aromatic rings. The molecule has 0 aliphatic heterocycles. The highest BCUT2D eigenvalue weighted by atomic mass is 16.2. The van der Waals surface area contributed by atoms with Gasteiger partial charge in [-0.2, -0.15) is 5.10 Å². The van der Waals surface area contributed by atoms with Gasteiger partial charge in [0.2, 0.25) is 5.91 Å². The Morgan fingerprint density at radius 1 is 1.15 bits per heavy atom. The van der Waals surface area contributed by atoms with E-state index in [4.69, 9.17) is 0 Å². The predicted octanol–water partition coefficient (Wildman–Crippen LogP) is 3.35. The van der Waals surface area contributed by atoms with Crippen LogP contribution in [-0.2, 0) is 4.79 Å². The number of aromatic nitrogens is 2. The van der Waals surface area contributed by atoms with Crippen LogP contribution in [0.4, 0.5) is 5.69 Å². The lowest BCUT2D eigenvalue weighted by atomic mass is 9.97. The van der Waals surface area contributed by atoms with Crippen molar-refractivity contribution in [2.75, 3.05) is 5.32 Å². The number of H-pyrrole nitrogens is 1. The van der Waals surface area contributed by atoms with Gasteiger partial charge in [0.15, 0.2) is 0 Å². The van der Waals surface area contributed by atoms with Crippen molar-refractivity contribution in [2.45, 2.75) is 26.3 Å². The van der Waals surface area contributed by atoms with Gasteiger partial charge in [0.1, 0.15) is 6.04 Å². The summed E-state index contributed by atoms with van der Waals surface area (Å²) in [4.78, 5) is 25.3. The first-order valence-electron chi connectivity index (χ1n) is 8.68. The van der Waals surface area contributed by atoms with Crippen LogP contribution in [0.5, 0.6) is 0 Å². The Hall–Kier alpha value is -3.15. The molecule has 3 rings (SSSR count). The minimum Gasteiger partial charge on any atom is -0.340 e. The maximum atomic E-state index is 12.8. The number of amides is 2. The van der Waals surface area contributed by atoms with E-state index in [2.05, 4.69) is 20.8 Å². The van der Waals surface area contributed by atoms with Gasteiger partial charge >= 0.3 is 0 Å². The molecule has 2 aromatic carbocycles. The smallest absolute Gasteiger partial charge is 0.251 e. The van der Waals surface area contributed by atoms with Crippen LogP contribution in [0.15, 0.2) is 54.7 Å². The number of benzene rings is 2. The molecule has 0 spiro atoms. The monoisotopic (exact) mass is 350 g/mol. The second-order valence-corrected chi connectivity index (χ2v) is 6.36. The van der Waals surface area contributed by atoms with Crippen molar-refractivity contribution in [3.05, 3.63) is 60.3 Å². The first-order valence-corrected chi connectivity index (χ1v) is 8.68. The first-order chi connectivity index (χ1) is 12.6. The molecule has 0 bridgehead atoms. The normalized spacial score (nSPS) is 13.2. The van der Waals surface area contributed by atoms with Crippen molar-refractivity contribution in [3.8, 4) is 0 Å². The number of hydrogen-bond acceptors (Lipinski definition) is 3. The van der Waals surface area contributed by atoms with Crippen LogP contribution in [0.25, 0.3) is 10.9 Å². The summed E-state index contributed by atoms with van der Waals surface area (Å²) in [5.74, 6) is -0.483. The van der Waals surface area contributed by atoms with Crippen LogP contribution in [0, 0.1) is 5.92 Å². The fourth-order valence-corrected chi connectivity index (χ4v) is 2.76. The Kier molecular flexibility index (Phi) is 5.31. The number of carbonyl (C=O) groups excluding carboxylic acids is 2. The molecule has 0 radical (unpaired) electrons. The van der Waals surface area contributed by atoms with E-state index in [9.17, 15) is 9.59 Å². The highest BCUT2D eigenvalue weighted by Gasteiger charge is 2.26. The van der Waals surface area contributed by atoms with Gasteiger partial charge < -0.3 is 10.6 Å². The Bertz CT molecular complexity index is 904. The van der Waals surface area contributed by atoms with Gasteiger partial charge in [0.25, 0.3) is 5.91 Å². The minimum atomic E-state index is -0.618. The molecule has 3 N–H and O–H groups in total. The van der Waals surface area contributed by atoms with E-state index in [1.165, 1.54) is 0 Å². The van der Waals surface area contributed by atoms with E-state index < -0.39 is 6.04 Å². The minimum absolute atomic E-state index is 0.000295. The van der Waals surface area contributed by atoms with Crippen LogP contribution < -0.4 is 10.6 Å². The summed E-state index contributed by atoms with van der Waals surface area (Å²) in [5.41, 5.74) is 2.11. The molecule has 0 saturated heterocycles. The van der Waals surface area contributed by atoms with Crippen LogP contribution in [0.1, 0.15) is 30.6 Å². The van der Waals surface area contributed by atoms with Gasteiger partial charge in [-0.25, -0.2) is 0 Å². The molecule has 2 unspecified atom stereocenters. The van der Waals surface area contributed by atoms with Gasteiger partial charge in [0, 0.05) is 16.6 Å². The van der Waals surface area contributed by atoms with E-state index >= 15 is 0 Å². The van der Waals surface area contributed by atoms with Crippen LogP contribution in [0.3, 0.4) is 0 Å². The molecule has 1 heterocycles. The molecule has 6 nitrogen and oxygen atoms in total. The Morgan fingerprint density at radius 2 is 1.92 bits per heavy atom. The summed E-state index contributed by atoms with van der Waals surface area (Å²) in [6.07, 6.45) is 2.47. The van der Waals surface area contributed by atoms with Crippen LogP contribution in [-0.4, -0.2) is 28.1 Å². The van der Waals surface area contributed by atoms with Gasteiger partial charge in [-0.3, -0.25) is 14.7 Å². The molecular weight excluding hydrogens is 328 g/mol. The summed E-state index contributed by atoms with van der Waals surface area (Å²) < 4.78 is 0. The molecule has 26 heavy (non-hydrogen) atoms. The molecule has 0 aliphatic carbocycles. The number of nitrogens with one attached hydrogen (secondary N) is 3. The standard InChI is InChI=1S/C20H22N4O2/c1-3-13(2)18(23-19(25)14-7-5-4-6-8-14)20(26)22-16-9-10-17-15(11-16)12-21-24-17/h4-13,18H,3H2,1-2H3,(H,21,24)(H,22,26)(H,23,25). The summed E-state index contributed by atoms with van der Waals surface area (Å²) in [7, 11) is 0. The lowest BCUT2D eigenvalue weighted by molar-refractivity contribution is -0.119. The summed E-state index contributed by atoms with van der Waals surface area (Å²) >= 11 is 0. The maximum absolute atomic E-state index is 12.8. The van der Waals surface area contributed by atoms with Crippen molar-refractivity contribution >= 4 is 28.4 Å². The third-order valence-electron chi connectivity index (χ3n) is 4.53. The van der Waals surface area contributed by atoms with Crippen molar-refractivity contribution in [2.24, 2.45) is 5.92 Å². The van der Waals surface area contributed by atoms with Gasteiger partial charge in [-0.05, 0) is 36.2 Å². The predicted molar refractivity (Wildman–Crippen MR) is 102 cm³/mol. The van der Waals surface area contributed by atoms with Gasteiger partial charge in [-0.1, -0.05) is 38.5 Å². The molecule has 1 aromatic heterocycles. The van der Waals surface area contributed by atoms with Crippen LogP contribution in [0.2, 0.25) is 0 Å². The van der Waals surface area contributed by atoms with Crippen LogP contribution >= 0.6 is 0 Å². The molecule has 134 valence electrons. The summed E-state index contributed by atoms with van der Waals surface area (Å²) in [6.45, 7) is 3.95. The third kappa shape index (κ3) is 3.91. The van der Waals surface area contributed by atoms with E-state index in [0.717, 1.165) is 17.3 Å². The van der Waals surface area contributed by atoms with E-state index in [0.29, 0.717) is 11.3 Å². The zero-order valence-corrected chi connectivity index (χ0v) is 14.8. The molecule has 0 fully saturated rings. The molecule has 6 heteroatoms. The van der Waals surface area contributed by atoms with Gasteiger partial charge in [-0.15, -0.1) is 0 Å². The van der Waals surface area contributed by atoms with E-state index in [1.807, 2.05) is 38.1 Å². The highest BCUT2D eigenvalue weighted by molar-refractivity contribution is 6.02. The molecule has 0 saturated carbocycles. The number of fused-ring (bicyclic) bond motifs is 1. The Labute approximate surface area is 152 Å². The average Bonchev–Trinajstić information content (AvgIpc) is 3.13. The molecular formula is C20H22N4O2. The van der Waals surface area contributed by atoms with E-state index in [-0.39, 0.29) is 17.7 Å². The van der Waals surface area contributed by atoms with E-state index in [1.54, 1.807) is 30.5 Å². The Balaban J connectivity index is 1.75. The second kappa shape index (κ2) is 7.82. The second-order valence-electron chi connectivity index (χ2n) is 6.36. The number of anilines is 1. The van der Waals surface area contributed by atoms with Crippen molar-refractivity contribution < 1.29 is 9.59 Å². The zero-order valence-electron chi connectivity index (χ0n) is 14.8. The fraction of sp³-hybridized carbons (Fsp3) is 0.250. The summed E-state index contributed by atoms with van der Waals surface area (Å²) in [6, 6.07) is 13.8. The van der Waals surface area contributed by atoms with Crippen molar-refractivity contribution in [1.82, 2.24) is 15.5 Å². The lowest BCUT2D eigenvalue weighted by Gasteiger charge is -2.23. The molecule has 0 aliphatic rings. The van der Waals surface area contributed by atoms with Crippen molar-refractivity contribution in [1.29, 1.82) is 0 Å². The highest BCUT2D eigenvalue weighted by Crippen LogP contribution is 2.18. The molecule has 2 amide bonds. The lowest BCUT2D eigenvalue weighted by Crippen LogP contribution is -2.47. The Morgan fingerprint density at radius 3 is 2.65 bits per heavy atom. The van der Waals surface area contributed by atoms with Gasteiger partial charge in [0.05, 0.1) is 11.7 Å². The average molecular weight is 350 g/mol. The third-order valence-corrected chi connectivity index (χ3v) is 4.53. The quantitative estimate of drug-likeness (QED) is 0.637. The van der Waals surface area contributed by atoms with Crippen molar-refractivity contribution in [3.63, 3.8) is 0 Å². The zero-order chi connectivity index (χ0) is 18.5. The fourth-order valence-electron chi connectivity index (χ4n) is 2.76. The number of nitrogens with zero attached hydrogens (tertiary/aromatic N) is 1. The number of rotatable bonds is 6. The molecule has 2 atom stereocenters. The number of carbonyl (C=O) groups is 2. The SMILES string of the molecule is CCC(C)C(NC(=O)c1ccccc1)C(=O)Nc1ccc2[nH]ncc2c1. The first kappa shape index (κ1) is 17.7. The number of aromatic amines is 1. The maximum Gasteiger partial charge on any atom is 0.251 e. The topological polar surface area (TPSA) is 86.9 Å². The largest absolute Gasteiger partial charge is 0.340 e. The summed E-state index contributed by atoms with van der Waals surface area (Å²) in [5, 5.41) is 13.5. The number of hydrogen-bond donors (Lipinski definition) is 3.